The van der Waals surface area contributed by atoms with Crippen molar-refractivity contribution in [3.63, 3.8) is 0 Å². The van der Waals surface area contributed by atoms with Gasteiger partial charge in [0.25, 0.3) is 0 Å². The summed E-state index contributed by atoms with van der Waals surface area (Å²) in [5, 5.41) is 2.93. The van der Waals surface area contributed by atoms with Gasteiger partial charge in [-0.15, -0.1) is 24.8 Å². The van der Waals surface area contributed by atoms with Crippen LogP contribution >= 0.6 is 24.8 Å². The van der Waals surface area contributed by atoms with Crippen LogP contribution in [0.3, 0.4) is 0 Å². The minimum absolute atomic E-state index is 0. The monoisotopic (exact) mass is 393 g/mol. The lowest BCUT2D eigenvalue weighted by Crippen LogP contribution is -2.38. The number of likely N-dealkylation sites (N-methyl/N-ethyl adjacent to an activating group) is 1. The minimum Gasteiger partial charge on any atom is -0.492 e. The Labute approximate surface area is 164 Å². The maximum absolute atomic E-state index is 12.0. The summed E-state index contributed by atoms with van der Waals surface area (Å²) in [6, 6.07) is 7.66. The third-order valence-electron chi connectivity index (χ3n) is 4.19. The van der Waals surface area contributed by atoms with Crippen LogP contribution in [0.15, 0.2) is 24.3 Å². The normalized spacial score (nSPS) is 12.6. The van der Waals surface area contributed by atoms with Crippen LogP contribution in [-0.2, 0) is 11.3 Å². The fourth-order valence-corrected chi connectivity index (χ4v) is 2.20. The van der Waals surface area contributed by atoms with Gasteiger partial charge in [-0.1, -0.05) is 39.0 Å². The Kier molecular flexibility index (Phi) is 14.9. The van der Waals surface area contributed by atoms with Crippen LogP contribution in [0.25, 0.3) is 0 Å². The lowest BCUT2D eigenvalue weighted by atomic mass is 10.0. The fourth-order valence-electron chi connectivity index (χ4n) is 2.20. The van der Waals surface area contributed by atoms with Gasteiger partial charge >= 0.3 is 0 Å². The number of ether oxygens (including phenoxy) is 1. The van der Waals surface area contributed by atoms with E-state index in [0.29, 0.717) is 13.2 Å². The SMILES string of the molecule is CCN(CC)CCOc1ccccc1CNC(=O)C(C)C(C)N.Cl.Cl. The number of nitrogens with zero attached hydrogens (tertiary/aromatic N) is 1. The topological polar surface area (TPSA) is 67.6 Å². The molecule has 146 valence electrons. The zero-order valence-corrected chi connectivity index (χ0v) is 17.3. The van der Waals surface area contributed by atoms with E-state index in [1.807, 2.05) is 38.1 Å². The second-order valence-electron chi connectivity index (χ2n) is 5.85. The van der Waals surface area contributed by atoms with Gasteiger partial charge in [0.1, 0.15) is 12.4 Å². The Morgan fingerprint density at radius 2 is 1.80 bits per heavy atom. The van der Waals surface area contributed by atoms with Gasteiger partial charge in [0, 0.05) is 30.6 Å². The molecule has 25 heavy (non-hydrogen) atoms. The second-order valence-corrected chi connectivity index (χ2v) is 5.85. The molecule has 3 N–H and O–H groups in total. The highest BCUT2D eigenvalue weighted by atomic mass is 35.5. The summed E-state index contributed by atoms with van der Waals surface area (Å²) in [6.45, 7) is 12.0. The highest BCUT2D eigenvalue weighted by Crippen LogP contribution is 2.18. The molecule has 1 aromatic carbocycles. The van der Waals surface area contributed by atoms with E-state index in [1.54, 1.807) is 0 Å². The smallest absolute Gasteiger partial charge is 0.224 e. The first-order valence-electron chi connectivity index (χ1n) is 8.45. The van der Waals surface area contributed by atoms with Crippen molar-refractivity contribution in [1.82, 2.24) is 10.2 Å². The van der Waals surface area contributed by atoms with E-state index in [1.165, 1.54) is 0 Å². The molecule has 0 spiro atoms. The van der Waals surface area contributed by atoms with Crippen molar-refractivity contribution in [3.05, 3.63) is 29.8 Å². The quantitative estimate of drug-likeness (QED) is 0.641. The Hall–Kier alpha value is -1.01. The molecule has 0 aliphatic heterocycles. The molecule has 1 rings (SSSR count). The third-order valence-corrected chi connectivity index (χ3v) is 4.19. The Morgan fingerprint density at radius 1 is 1.20 bits per heavy atom. The zero-order valence-electron chi connectivity index (χ0n) is 15.7. The van der Waals surface area contributed by atoms with Crippen LogP contribution in [0.1, 0.15) is 33.3 Å². The van der Waals surface area contributed by atoms with Gasteiger partial charge in [-0.05, 0) is 26.1 Å². The number of nitrogens with two attached hydrogens (primary N) is 1. The van der Waals surface area contributed by atoms with Crippen LogP contribution in [-0.4, -0.2) is 43.1 Å². The molecule has 0 saturated carbocycles. The molecule has 1 aromatic rings. The molecule has 5 nitrogen and oxygen atoms in total. The second kappa shape index (κ2) is 14.2. The van der Waals surface area contributed by atoms with Gasteiger partial charge in [-0.3, -0.25) is 4.79 Å². The van der Waals surface area contributed by atoms with E-state index >= 15 is 0 Å². The van der Waals surface area contributed by atoms with Crippen LogP contribution in [0.4, 0.5) is 0 Å². The Bertz CT molecular complexity index is 483. The predicted octanol–water partition coefficient (Wildman–Crippen LogP) is 2.85. The van der Waals surface area contributed by atoms with Crippen molar-refractivity contribution >= 4 is 30.7 Å². The number of amides is 1. The van der Waals surface area contributed by atoms with Crippen molar-refractivity contribution in [2.45, 2.75) is 40.3 Å². The molecule has 0 saturated heterocycles. The molecule has 0 bridgehead atoms. The summed E-state index contributed by atoms with van der Waals surface area (Å²) in [6.07, 6.45) is 0. The highest BCUT2D eigenvalue weighted by Gasteiger charge is 2.17. The molecular formula is C18H33Cl2N3O2. The molecule has 1 amide bonds. The zero-order chi connectivity index (χ0) is 17.2. The maximum atomic E-state index is 12.0. The van der Waals surface area contributed by atoms with Crippen LogP contribution in [0.2, 0.25) is 0 Å². The number of hydrogen-bond acceptors (Lipinski definition) is 4. The third kappa shape index (κ3) is 9.31. The van der Waals surface area contributed by atoms with Gasteiger partial charge in [0.05, 0.1) is 0 Å². The molecule has 2 unspecified atom stereocenters. The van der Waals surface area contributed by atoms with E-state index in [-0.39, 0.29) is 42.7 Å². The van der Waals surface area contributed by atoms with Crippen molar-refractivity contribution in [3.8, 4) is 5.75 Å². The summed E-state index contributed by atoms with van der Waals surface area (Å²) < 4.78 is 5.89. The molecule has 0 aliphatic carbocycles. The number of hydrogen-bond donors (Lipinski definition) is 2. The molecule has 0 fully saturated rings. The minimum atomic E-state index is -0.203. The van der Waals surface area contributed by atoms with E-state index in [9.17, 15) is 4.79 Å². The summed E-state index contributed by atoms with van der Waals surface area (Å²) in [7, 11) is 0. The lowest BCUT2D eigenvalue weighted by molar-refractivity contribution is -0.125. The van der Waals surface area contributed by atoms with Gasteiger partial charge in [-0.2, -0.15) is 0 Å². The van der Waals surface area contributed by atoms with E-state index in [2.05, 4.69) is 24.1 Å². The maximum Gasteiger partial charge on any atom is 0.224 e. The number of benzene rings is 1. The van der Waals surface area contributed by atoms with E-state index < -0.39 is 0 Å². The summed E-state index contributed by atoms with van der Waals surface area (Å²) >= 11 is 0. The molecule has 7 heteroatoms. The molecular weight excluding hydrogens is 361 g/mol. The summed E-state index contributed by atoms with van der Waals surface area (Å²) in [4.78, 5) is 14.3. The summed E-state index contributed by atoms with van der Waals surface area (Å²) in [5.41, 5.74) is 6.75. The predicted molar refractivity (Wildman–Crippen MR) is 109 cm³/mol. The number of carbonyl (C=O) groups excluding carboxylic acids is 1. The Balaban J connectivity index is 0. The van der Waals surface area contributed by atoms with Crippen molar-refractivity contribution in [2.75, 3.05) is 26.2 Å². The van der Waals surface area contributed by atoms with E-state index in [0.717, 1.165) is 30.9 Å². The van der Waals surface area contributed by atoms with Crippen LogP contribution < -0.4 is 15.8 Å². The average Bonchev–Trinajstić information content (AvgIpc) is 2.56. The fraction of sp³-hybridized carbons (Fsp3) is 0.611. The highest BCUT2D eigenvalue weighted by molar-refractivity contribution is 5.85. The van der Waals surface area contributed by atoms with Crippen molar-refractivity contribution in [2.24, 2.45) is 11.7 Å². The number of rotatable bonds is 10. The number of para-hydroxylation sites is 1. The first kappa shape index (κ1) is 26.2. The van der Waals surface area contributed by atoms with Crippen LogP contribution in [0.5, 0.6) is 5.75 Å². The van der Waals surface area contributed by atoms with Gasteiger partial charge in [0.15, 0.2) is 0 Å². The molecule has 0 aromatic heterocycles. The Morgan fingerprint density at radius 3 is 2.36 bits per heavy atom. The number of halogens is 2. The average molecular weight is 394 g/mol. The molecule has 0 radical (unpaired) electrons. The summed E-state index contributed by atoms with van der Waals surface area (Å²) in [5.74, 6) is 0.595. The van der Waals surface area contributed by atoms with Crippen molar-refractivity contribution < 1.29 is 9.53 Å². The molecule has 0 heterocycles. The van der Waals surface area contributed by atoms with Gasteiger partial charge < -0.3 is 20.7 Å². The van der Waals surface area contributed by atoms with Gasteiger partial charge in [0.2, 0.25) is 5.91 Å². The largest absolute Gasteiger partial charge is 0.492 e. The first-order chi connectivity index (χ1) is 11.0. The van der Waals surface area contributed by atoms with Crippen LogP contribution in [0, 0.1) is 5.92 Å². The van der Waals surface area contributed by atoms with E-state index in [4.69, 9.17) is 10.5 Å². The molecule has 2 atom stereocenters. The van der Waals surface area contributed by atoms with Crippen molar-refractivity contribution in [1.29, 1.82) is 0 Å². The molecule has 0 aliphatic rings. The standard InChI is InChI=1S/C18H31N3O2.2ClH/c1-5-21(6-2)11-12-23-17-10-8-7-9-16(17)13-20-18(22)14(3)15(4)19;;/h7-10,14-15H,5-6,11-13,19H2,1-4H3,(H,20,22);2*1H. The number of carbonyl (C=O) groups is 1. The first-order valence-corrected chi connectivity index (χ1v) is 8.45. The lowest BCUT2D eigenvalue weighted by Gasteiger charge is -2.19. The van der Waals surface area contributed by atoms with Gasteiger partial charge in [-0.25, -0.2) is 0 Å². The number of nitrogens with one attached hydrogen (secondary N) is 1.